The fourth-order valence-corrected chi connectivity index (χ4v) is 1.14. The van der Waals surface area contributed by atoms with Crippen molar-refractivity contribution in [2.75, 3.05) is 0 Å². The number of aryl methyl sites for hydroxylation is 1. The Morgan fingerprint density at radius 1 is 1.17 bits per heavy atom. The lowest BCUT2D eigenvalue weighted by molar-refractivity contribution is 0.535. The lowest BCUT2D eigenvalue weighted by Crippen LogP contribution is -1.73. The van der Waals surface area contributed by atoms with E-state index in [1.165, 1.54) is 0 Å². The summed E-state index contributed by atoms with van der Waals surface area (Å²) in [6.45, 7) is 1.94. The van der Waals surface area contributed by atoms with E-state index < -0.39 is 0 Å². The van der Waals surface area contributed by atoms with Gasteiger partial charge in [0, 0.05) is 18.0 Å². The second-order valence-corrected chi connectivity index (χ2v) is 2.68. The molecular formula is C10H9NO. The standard InChI is InChI=1S/C10H9NO/c1-8-6-10(7-12-8)9-2-4-11-5-3-9/h2-7H,1H3. The largest absolute Gasteiger partial charge is 0.469 e. The molecule has 0 fully saturated rings. The van der Waals surface area contributed by atoms with Gasteiger partial charge in [-0.15, -0.1) is 0 Å². The molecule has 0 amide bonds. The van der Waals surface area contributed by atoms with Crippen LogP contribution in [0.5, 0.6) is 0 Å². The topological polar surface area (TPSA) is 26.0 Å². The van der Waals surface area contributed by atoms with Crippen LogP contribution in [0, 0.1) is 6.92 Å². The van der Waals surface area contributed by atoms with Crippen molar-refractivity contribution in [3.63, 3.8) is 0 Å². The Morgan fingerprint density at radius 3 is 2.50 bits per heavy atom. The minimum Gasteiger partial charge on any atom is -0.469 e. The summed E-state index contributed by atoms with van der Waals surface area (Å²) in [6, 6.07) is 5.93. The fourth-order valence-electron chi connectivity index (χ4n) is 1.14. The maximum absolute atomic E-state index is 5.20. The highest BCUT2D eigenvalue weighted by Gasteiger charge is 1.98. The van der Waals surface area contributed by atoms with Crippen molar-refractivity contribution in [2.45, 2.75) is 6.92 Å². The summed E-state index contributed by atoms with van der Waals surface area (Å²) >= 11 is 0. The Hall–Kier alpha value is -1.57. The summed E-state index contributed by atoms with van der Waals surface area (Å²) < 4.78 is 5.20. The van der Waals surface area contributed by atoms with Crippen molar-refractivity contribution in [1.82, 2.24) is 4.98 Å². The van der Waals surface area contributed by atoms with E-state index in [4.69, 9.17) is 4.42 Å². The van der Waals surface area contributed by atoms with Crippen molar-refractivity contribution >= 4 is 0 Å². The molecule has 2 rings (SSSR count). The number of hydrogen-bond acceptors (Lipinski definition) is 2. The van der Waals surface area contributed by atoms with E-state index in [0.29, 0.717) is 0 Å². The molecule has 2 nitrogen and oxygen atoms in total. The summed E-state index contributed by atoms with van der Waals surface area (Å²) in [6.07, 6.45) is 5.31. The Morgan fingerprint density at radius 2 is 1.92 bits per heavy atom. The minimum atomic E-state index is 0.932. The summed E-state index contributed by atoms with van der Waals surface area (Å²) in [5.41, 5.74) is 2.25. The lowest BCUT2D eigenvalue weighted by atomic mass is 10.1. The van der Waals surface area contributed by atoms with Crippen LogP contribution in [0.1, 0.15) is 5.76 Å². The first kappa shape index (κ1) is 7.10. The van der Waals surface area contributed by atoms with Crippen LogP contribution in [-0.2, 0) is 0 Å². The summed E-state index contributed by atoms with van der Waals surface area (Å²) in [5, 5.41) is 0. The van der Waals surface area contributed by atoms with E-state index in [0.717, 1.165) is 16.9 Å². The van der Waals surface area contributed by atoms with Gasteiger partial charge in [0.2, 0.25) is 0 Å². The molecule has 0 unspecified atom stereocenters. The van der Waals surface area contributed by atoms with Crippen LogP contribution >= 0.6 is 0 Å². The molecular weight excluding hydrogens is 150 g/mol. The maximum Gasteiger partial charge on any atom is 0.101 e. The molecule has 2 heterocycles. The van der Waals surface area contributed by atoms with Gasteiger partial charge >= 0.3 is 0 Å². The van der Waals surface area contributed by atoms with Crippen molar-refractivity contribution in [1.29, 1.82) is 0 Å². The molecule has 0 aliphatic heterocycles. The molecule has 0 aromatic carbocycles. The molecule has 60 valence electrons. The molecule has 0 aliphatic rings. The van der Waals surface area contributed by atoms with E-state index in [1.54, 1.807) is 18.7 Å². The summed E-state index contributed by atoms with van der Waals surface area (Å²) in [5.74, 6) is 0.932. The van der Waals surface area contributed by atoms with Crippen LogP contribution in [0.15, 0.2) is 41.3 Å². The highest BCUT2D eigenvalue weighted by molar-refractivity contribution is 5.61. The normalized spacial score (nSPS) is 10.1. The van der Waals surface area contributed by atoms with Crippen molar-refractivity contribution in [3.05, 3.63) is 42.6 Å². The first-order chi connectivity index (χ1) is 5.86. The number of aromatic nitrogens is 1. The van der Waals surface area contributed by atoms with Crippen LogP contribution in [-0.4, -0.2) is 4.98 Å². The molecule has 0 radical (unpaired) electrons. The summed E-state index contributed by atoms with van der Waals surface area (Å²) in [7, 11) is 0. The van der Waals surface area contributed by atoms with E-state index in [2.05, 4.69) is 4.98 Å². The Bertz CT molecular complexity index is 364. The second-order valence-electron chi connectivity index (χ2n) is 2.68. The van der Waals surface area contributed by atoms with Gasteiger partial charge in [-0.3, -0.25) is 4.98 Å². The third kappa shape index (κ3) is 1.23. The second kappa shape index (κ2) is 2.81. The maximum atomic E-state index is 5.20. The van der Waals surface area contributed by atoms with E-state index in [-0.39, 0.29) is 0 Å². The molecule has 2 aromatic rings. The zero-order valence-corrected chi connectivity index (χ0v) is 6.82. The first-order valence-electron chi connectivity index (χ1n) is 3.82. The molecule has 2 aromatic heterocycles. The molecule has 0 spiro atoms. The highest BCUT2D eigenvalue weighted by atomic mass is 16.3. The van der Waals surface area contributed by atoms with Gasteiger partial charge in [-0.1, -0.05) is 0 Å². The Balaban J connectivity index is 2.45. The Kier molecular flexibility index (Phi) is 1.67. The van der Waals surface area contributed by atoms with Crippen molar-refractivity contribution < 1.29 is 4.42 Å². The monoisotopic (exact) mass is 159 g/mol. The van der Waals surface area contributed by atoms with Crippen molar-refractivity contribution in [2.24, 2.45) is 0 Å². The number of nitrogens with zero attached hydrogens (tertiary/aromatic N) is 1. The molecule has 0 saturated heterocycles. The molecule has 0 atom stereocenters. The van der Waals surface area contributed by atoms with Crippen LogP contribution in [0.25, 0.3) is 11.1 Å². The van der Waals surface area contributed by atoms with Gasteiger partial charge in [-0.2, -0.15) is 0 Å². The van der Waals surface area contributed by atoms with E-state index in [9.17, 15) is 0 Å². The predicted molar refractivity (Wildman–Crippen MR) is 46.7 cm³/mol. The minimum absolute atomic E-state index is 0.932. The Labute approximate surface area is 70.9 Å². The third-order valence-corrected chi connectivity index (χ3v) is 1.74. The van der Waals surface area contributed by atoms with Gasteiger partial charge in [0.05, 0.1) is 6.26 Å². The van der Waals surface area contributed by atoms with Gasteiger partial charge in [0.15, 0.2) is 0 Å². The zero-order valence-electron chi connectivity index (χ0n) is 6.82. The van der Waals surface area contributed by atoms with Gasteiger partial charge in [-0.05, 0) is 30.7 Å². The molecule has 0 saturated carbocycles. The average molecular weight is 159 g/mol. The van der Waals surface area contributed by atoms with Crippen LogP contribution in [0.3, 0.4) is 0 Å². The van der Waals surface area contributed by atoms with Crippen LogP contribution in [0.2, 0.25) is 0 Å². The highest BCUT2D eigenvalue weighted by Crippen LogP contribution is 2.20. The van der Waals surface area contributed by atoms with Crippen molar-refractivity contribution in [3.8, 4) is 11.1 Å². The zero-order chi connectivity index (χ0) is 8.39. The van der Waals surface area contributed by atoms with Gasteiger partial charge in [0.25, 0.3) is 0 Å². The molecule has 0 N–H and O–H groups in total. The summed E-state index contributed by atoms with van der Waals surface area (Å²) in [4.78, 5) is 3.95. The fraction of sp³-hybridized carbons (Fsp3) is 0.100. The first-order valence-corrected chi connectivity index (χ1v) is 3.82. The van der Waals surface area contributed by atoms with Gasteiger partial charge in [-0.25, -0.2) is 0 Å². The average Bonchev–Trinajstić information content (AvgIpc) is 2.54. The molecule has 12 heavy (non-hydrogen) atoms. The predicted octanol–water partition coefficient (Wildman–Crippen LogP) is 2.65. The molecule has 2 heteroatoms. The van der Waals surface area contributed by atoms with Crippen LogP contribution < -0.4 is 0 Å². The van der Waals surface area contributed by atoms with Gasteiger partial charge in [0.1, 0.15) is 5.76 Å². The molecule has 0 bridgehead atoms. The van der Waals surface area contributed by atoms with Crippen LogP contribution in [0.4, 0.5) is 0 Å². The third-order valence-electron chi connectivity index (χ3n) is 1.74. The molecule has 0 aliphatic carbocycles. The number of pyridine rings is 1. The van der Waals surface area contributed by atoms with Gasteiger partial charge < -0.3 is 4.42 Å². The lowest BCUT2D eigenvalue weighted by Gasteiger charge is -1.92. The SMILES string of the molecule is Cc1cc(-c2ccncc2)co1. The number of hydrogen-bond donors (Lipinski definition) is 0. The van der Waals surface area contributed by atoms with E-state index >= 15 is 0 Å². The number of rotatable bonds is 1. The smallest absolute Gasteiger partial charge is 0.101 e. The van der Waals surface area contributed by atoms with E-state index in [1.807, 2.05) is 25.1 Å². The quantitative estimate of drug-likeness (QED) is 0.639. The number of furan rings is 1.